The second-order valence-electron chi connectivity index (χ2n) is 4.35. The van der Waals surface area contributed by atoms with Crippen LogP contribution in [0.1, 0.15) is 6.42 Å². The van der Waals surface area contributed by atoms with E-state index in [1.165, 1.54) is 0 Å². The number of anilines is 1. The zero-order chi connectivity index (χ0) is 11.7. The van der Waals surface area contributed by atoms with E-state index in [9.17, 15) is 0 Å². The zero-order valence-electron chi connectivity index (χ0n) is 10.2. The molecule has 1 unspecified atom stereocenters. The molecule has 2 N–H and O–H groups in total. The lowest BCUT2D eigenvalue weighted by atomic mass is 10.1. The molecule has 3 nitrogen and oxygen atoms in total. The lowest BCUT2D eigenvalue weighted by Crippen LogP contribution is -2.22. The molecule has 0 aliphatic carbocycles. The number of hydrogen-bond acceptors (Lipinski definition) is 3. The van der Waals surface area contributed by atoms with E-state index in [1.807, 2.05) is 30.5 Å². The Labute approximate surface area is 138 Å². The van der Waals surface area contributed by atoms with E-state index in [0.717, 1.165) is 41.1 Å². The standard InChI is InChI=1S/C13H14ClN3.2BrH/c14-9-1-2-11-12(4-6-16-13(11)7-9)17-10-3-5-15-8-10;;/h1-2,4,6-7,10,15H,3,5,8H2,(H,16,17);2*1H. The molecule has 1 saturated heterocycles. The van der Waals surface area contributed by atoms with Crippen molar-refractivity contribution in [2.24, 2.45) is 0 Å². The third-order valence-electron chi connectivity index (χ3n) is 3.12. The first kappa shape index (κ1) is 16.7. The predicted octanol–water partition coefficient (Wildman–Crippen LogP) is 3.82. The maximum atomic E-state index is 5.97. The van der Waals surface area contributed by atoms with Crippen molar-refractivity contribution >= 4 is 62.2 Å². The van der Waals surface area contributed by atoms with E-state index in [0.29, 0.717) is 6.04 Å². The molecule has 1 aromatic carbocycles. The molecule has 19 heavy (non-hydrogen) atoms. The molecule has 3 rings (SSSR count). The van der Waals surface area contributed by atoms with Crippen molar-refractivity contribution in [1.29, 1.82) is 0 Å². The Morgan fingerprint density at radius 3 is 2.84 bits per heavy atom. The van der Waals surface area contributed by atoms with Crippen molar-refractivity contribution in [2.75, 3.05) is 18.4 Å². The molecule has 1 aliphatic heterocycles. The Kier molecular flexibility index (Phi) is 6.53. The van der Waals surface area contributed by atoms with E-state index >= 15 is 0 Å². The van der Waals surface area contributed by atoms with Crippen LogP contribution in [0.3, 0.4) is 0 Å². The zero-order valence-corrected chi connectivity index (χ0v) is 14.4. The van der Waals surface area contributed by atoms with Crippen LogP contribution in [0.5, 0.6) is 0 Å². The summed E-state index contributed by atoms with van der Waals surface area (Å²) >= 11 is 5.97. The molecule has 1 aliphatic rings. The van der Waals surface area contributed by atoms with Gasteiger partial charge in [-0.2, -0.15) is 0 Å². The molecule has 2 aromatic rings. The van der Waals surface area contributed by atoms with E-state index < -0.39 is 0 Å². The Balaban J connectivity index is 0.000000902. The number of fused-ring (bicyclic) bond motifs is 1. The van der Waals surface area contributed by atoms with E-state index in [4.69, 9.17) is 11.6 Å². The Hall–Kier alpha value is -0.360. The average molecular weight is 410 g/mol. The van der Waals surface area contributed by atoms with Crippen molar-refractivity contribution in [2.45, 2.75) is 12.5 Å². The summed E-state index contributed by atoms with van der Waals surface area (Å²) in [7, 11) is 0. The summed E-state index contributed by atoms with van der Waals surface area (Å²) in [5.41, 5.74) is 2.08. The van der Waals surface area contributed by atoms with Gasteiger partial charge in [0.15, 0.2) is 0 Å². The maximum absolute atomic E-state index is 5.97. The summed E-state index contributed by atoms with van der Waals surface area (Å²) in [6, 6.07) is 8.36. The van der Waals surface area contributed by atoms with Gasteiger partial charge in [-0.15, -0.1) is 34.0 Å². The fourth-order valence-electron chi connectivity index (χ4n) is 2.24. The lowest BCUT2D eigenvalue weighted by Gasteiger charge is -2.14. The van der Waals surface area contributed by atoms with Crippen LogP contribution >= 0.6 is 45.6 Å². The van der Waals surface area contributed by atoms with Crippen molar-refractivity contribution < 1.29 is 0 Å². The third kappa shape index (κ3) is 3.81. The molecule has 0 spiro atoms. The first-order chi connectivity index (χ1) is 8.33. The van der Waals surface area contributed by atoms with Gasteiger partial charge in [-0.3, -0.25) is 4.98 Å². The van der Waals surface area contributed by atoms with Gasteiger partial charge in [-0.05, 0) is 37.2 Å². The van der Waals surface area contributed by atoms with Crippen molar-refractivity contribution in [3.63, 3.8) is 0 Å². The molecule has 1 aromatic heterocycles. The number of aromatic nitrogens is 1. The van der Waals surface area contributed by atoms with Gasteiger partial charge in [0, 0.05) is 34.9 Å². The van der Waals surface area contributed by atoms with E-state index in [2.05, 4.69) is 15.6 Å². The second-order valence-corrected chi connectivity index (χ2v) is 4.79. The van der Waals surface area contributed by atoms with Crippen LogP contribution in [-0.4, -0.2) is 24.1 Å². The molecule has 0 radical (unpaired) electrons. The lowest BCUT2D eigenvalue weighted by molar-refractivity contribution is 0.794. The molecular weight excluding hydrogens is 393 g/mol. The average Bonchev–Trinajstić information content (AvgIpc) is 2.82. The molecular formula is C13H16Br2ClN3. The smallest absolute Gasteiger partial charge is 0.0737 e. The van der Waals surface area contributed by atoms with Crippen LogP contribution in [0.15, 0.2) is 30.5 Å². The maximum Gasteiger partial charge on any atom is 0.0737 e. The molecule has 6 heteroatoms. The monoisotopic (exact) mass is 407 g/mol. The summed E-state index contributed by atoms with van der Waals surface area (Å²) in [6.07, 6.45) is 2.99. The van der Waals surface area contributed by atoms with Crippen molar-refractivity contribution in [3.8, 4) is 0 Å². The molecule has 0 saturated carbocycles. The number of hydrogen-bond donors (Lipinski definition) is 2. The number of halogens is 3. The number of benzene rings is 1. The first-order valence-corrected chi connectivity index (χ1v) is 6.22. The van der Waals surface area contributed by atoms with Crippen LogP contribution in [0.2, 0.25) is 5.02 Å². The van der Waals surface area contributed by atoms with Gasteiger partial charge in [-0.1, -0.05) is 11.6 Å². The summed E-state index contributed by atoms with van der Waals surface area (Å²) in [5.74, 6) is 0. The Morgan fingerprint density at radius 2 is 2.11 bits per heavy atom. The summed E-state index contributed by atoms with van der Waals surface area (Å²) < 4.78 is 0. The molecule has 2 heterocycles. The number of nitrogens with one attached hydrogen (secondary N) is 2. The Bertz CT molecular complexity index is 544. The van der Waals surface area contributed by atoms with Crippen LogP contribution in [0.25, 0.3) is 10.9 Å². The molecule has 0 amide bonds. The van der Waals surface area contributed by atoms with Gasteiger partial charge in [0.05, 0.1) is 5.52 Å². The van der Waals surface area contributed by atoms with Crippen LogP contribution in [0.4, 0.5) is 5.69 Å². The van der Waals surface area contributed by atoms with Crippen molar-refractivity contribution in [3.05, 3.63) is 35.5 Å². The minimum Gasteiger partial charge on any atom is -0.380 e. The van der Waals surface area contributed by atoms with E-state index in [-0.39, 0.29) is 34.0 Å². The third-order valence-corrected chi connectivity index (χ3v) is 3.36. The van der Waals surface area contributed by atoms with Gasteiger partial charge >= 0.3 is 0 Å². The number of nitrogens with zero attached hydrogens (tertiary/aromatic N) is 1. The summed E-state index contributed by atoms with van der Waals surface area (Å²) in [6.45, 7) is 2.11. The van der Waals surface area contributed by atoms with Crippen LogP contribution < -0.4 is 10.6 Å². The van der Waals surface area contributed by atoms with Crippen LogP contribution in [-0.2, 0) is 0 Å². The second kappa shape index (κ2) is 7.43. The molecule has 0 bridgehead atoms. The molecule has 1 atom stereocenters. The highest BCUT2D eigenvalue weighted by atomic mass is 79.9. The normalized spacial score (nSPS) is 17.6. The first-order valence-electron chi connectivity index (χ1n) is 5.84. The molecule has 1 fully saturated rings. The highest BCUT2D eigenvalue weighted by molar-refractivity contribution is 8.93. The number of rotatable bonds is 2. The minimum atomic E-state index is 0. The van der Waals surface area contributed by atoms with Gasteiger partial charge in [0.2, 0.25) is 0 Å². The highest BCUT2D eigenvalue weighted by Crippen LogP contribution is 2.25. The predicted molar refractivity (Wildman–Crippen MR) is 92.3 cm³/mol. The highest BCUT2D eigenvalue weighted by Gasteiger charge is 2.14. The minimum absolute atomic E-state index is 0. The summed E-state index contributed by atoms with van der Waals surface area (Å²) in [4.78, 5) is 4.34. The van der Waals surface area contributed by atoms with Gasteiger partial charge in [0.25, 0.3) is 0 Å². The van der Waals surface area contributed by atoms with Gasteiger partial charge in [-0.25, -0.2) is 0 Å². The molecule has 104 valence electrons. The van der Waals surface area contributed by atoms with Crippen molar-refractivity contribution in [1.82, 2.24) is 10.3 Å². The SMILES string of the molecule is Br.Br.Clc1ccc2c(NC3CCNC3)ccnc2c1. The largest absolute Gasteiger partial charge is 0.380 e. The van der Waals surface area contributed by atoms with E-state index in [1.54, 1.807) is 0 Å². The van der Waals surface area contributed by atoms with Crippen LogP contribution in [0, 0.1) is 0 Å². The fourth-order valence-corrected chi connectivity index (χ4v) is 2.41. The van der Waals surface area contributed by atoms with Gasteiger partial charge < -0.3 is 10.6 Å². The van der Waals surface area contributed by atoms with Gasteiger partial charge in [0.1, 0.15) is 0 Å². The summed E-state index contributed by atoms with van der Waals surface area (Å²) in [5, 5.41) is 8.76. The fraction of sp³-hybridized carbons (Fsp3) is 0.308. The topological polar surface area (TPSA) is 37.0 Å². The quantitative estimate of drug-likeness (QED) is 0.792. The Morgan fingerprint density at radius 1 is 1.26 bits per heavy atom. The number of pyridine rings is 1.